The maximum Gasteiger partial charge on any atom is 0.354 e. The van der Waals surface area contributed by atoms with Crippen molar-refractivity contribution in [3.8, 4) is 11.3 Å². The number of thiazole rings is 1. The monoisotopic (exact) mass is 375 g/mol. The lowest BCUT2D eigenvalue weighted by Crippen LogP contribution is -2.09. The number of esters is 1. The van der Waals surface area contributed by atoms with E-state index in [0.29, 0.717) is 21.4 Å². The Hall–Kier alpha value is -2.45. The molecule has 0 bridgehead atoms. The molecule has 6 nitrogen and oxygen atoms in total. The molecule has 0 aliphatic rings. The van der Waals surface area contributed by atoms with Crippen molar-refractivity contribution >= 4 is 39.7 Å². The number of ether oxygens (including phenoxy) is 1. The van der Waals surface area contributed by atoms with E-state index in [9.17, 15) is 9.59 Å². The fraction of sp³-hybridized carbons (Fsp3) is 0.235. The number of methoxy groups -OCH3 is 1. The topological polar surface area (TPSA) is 84.1 Å². The minimum atomic E-state index is -0.435. The van der Waals surface area contributed by atoms with E-state index in [1.807, 2.05) is 18.4 Å². The number of aromatic amines is 1. The SMILES string of the molecule is CCc1cc(C(=O)Nc2nc(-c3c[nH]c(C(=O)OC)c3)cs2)sc1C. The highest BCUT2D eigenvalue weighted by Gasteiger charge is 2.15. The molecule has 25 heavy (non-hydrogen) atoms. The molecule has 3 aromatic heterocycles. The Morgan fingerprint density at radius 3 is 2.84 bits per heavy atom. The van der Waals surface area contributed by atoms with Gasteiger partial charge in [0.2, 0.25) is 0 Å². The summed E-state index contributed by atoms with van der Waals surface area (Å²) in [5, 5.41) is 5.18. The quantitative estimate of drug-likeness (QED) is 0.657. The number of hydrogen-bond donors (Lipinski definition) is 2. The molecule has 0 saturated heterocycles. The number of aromatic nitrogens is 2. The van der Waals surface area contributed by atoms with E-state index in [2.05, 4.69) is 26.9 Å². The Bertz CT molecular complexity index is 923. The molecule has 0 aliphatic carbocycles. The largest absolute Gasteiger partial charge is 0.464 e. The van der Waals surface area contributed by atoms with Crippen LogP contribution in [0.25, 0.3) is 11.3 Å². The van der Waals surface area contributed by atoms with Crippen LogP contribution in [0, 0.1) is 6.92 Å². The molecule has 0 atom stereocenters. The van der Waals surface area contributed by atoms with Gasteiger partial charge in [0.25, 0.3) is 5.91 Å². The zero-order valence-corrected chi connectivity index (χ0v) is 15.6. The summed E-state index contributed by atoms with van der Waals surface area (Å²) in [7, 11) is 1.33. The molecule has 2 N–H and O–H groups in total. The summed E-state index contributed by atoms with van der Waals surface area (Å²) in [5.41, 5.74) is 3.00. The second-order valence-corrected chi connectivity index (χ2v) is 7.45. The maximum absolute atomic E-state index is 12.4. The molecule has 8 heteroatoms. The van der Waals surface area contributed by atoms with Crippen LogP contribution in [0.5, 0.6) is 0 Å². The number of amides is 1. The summed E-state index contributed by atoms with van der Waals surface area (Å²) in [6.45, 7) is 4.09. The van der Waals surface area contributed by atoms with E-state index in [1.165, 1.54) is 35.3 Å². The number of rotatable bonds is 5. The minimum absolute atomic E-state index is 0.155. The highest BCUT2D eigenvalue weighted by atomic mass is 32.1. The first-order valence-corrected chi connectivity index (χ1v) is 9.34. The number of hydrogen-bond acceptors (Lipinski definition) is 6. The maximum atomic E-state index is 12.4. The van der Waals surface area contributed by atoms with Crippen molar-refractivity contribution in [3.63, 3.8) is 0 Å². The molecule has 0 spiro atoms. The van der Waals surface area contributed by atoms with E-state index >= 15 is 0 Å². The van der Waals surface area contributed by atoms with Crippen molar-refractivity contribution in [1.29, 1.82) is 0 Å². The van der Waals surface area contributed by atoms with Gasteiger partial charge in [-0.15, -0.1) is 22.7 Å². The number of aryl methyl sites for hydroxylation is 2. The van der Waals surface area contributed by atoms with Gasteiger partial charge < -0.3 is 9.72 Å². The van der Waals surface area contributed by atoms with Gasteiger partial charge in [-0.05, 0) is 31.0 Å². The highest BCUT2D eigenvalue weighted by molar-refractivity contribution is 7.15. The first-order chi connectivity index (χ1) is 12.0. The lowest BCUT2D eigenvalue weighted by atomic mass is 10.2. The zero-order chi connectivity index (χ0) is 18.0. The molecule has 1 amide bonds. The second kappa shape index (κ2) is 7.20. The third-order valence-corrected chi connectivity index (χ3v) is 5.58. The molecule has 3 aromatic rings. The summed E-state index contributed by atoms with van der Waals surface area (Å²) in [6.07, 6.45) is 2.59. The van der Waals surface area contributed by atoms with Crippen LogP contribution < -0.4 is 5.32 Å². The predicted octanol–water partition coefficient (Wildman–Crippen LogP) is 4.11. The van der Waals surface area contributed by atoms with Crippen molar-refractivity contribution in [2.75, 3.05) is 12.4 Å². The fourth-order valence-corrected chi connectivity index (χ4v) is 4.10. The first-order valence-electron chi connectivity index (χ1n) is 7.65. The van der Waals surface area contributed by atoms with Crippen LogP contribution in [-0.2, 0) is 11.2 Å². The van der Waals surface area contributed by atoms with Gasteiger partial charge >= 0.3 is 5.97 Å². The lowest BCUT2D eigenvalue weighted by Gasteiger charge is -1.97. The first kappa shape index (κ1) is 17.4. The Morgan fingerprint density at radius 1 is 1.36 bits per heavy atom. The smallest absolute Gasteiger partial charge is 0.354 e. The summed E-state index contributed by atoms with van der Waals surface area (Å²) in [4.78, 5) is 33.0. The van der Waals surface area contributed by atoms with E-state index < -0.39 is 5.97 Å². The van der Waals surface area contributed by atoms with Crippen LogP contribution in [0.2, 0.25) is 0 Å². The summed E-state index contributed by atoms with van der Waals surface area (Å²) >= 11 is 2.83. The van der Waals surface area contributed by atoms with Crippen LogP contribution >= 0.6 is 22.7 Å². The Labute approximate surface area is 152 Å². The van der Waals surface area contributed by atoms with Crippen LogP contribution in [0.1, 0.15) is 37.5 Å². The lowest BCUT2D eigenvalue weighted by molar-refractivity contribution is 0.0594. The van der Waals surface area contributed by atoms with Crippen molar-refractivity contribution in [2.24, 2.45) is 0 Å². The van der Waals surface area contributed by atoms with E-state index in [-0.39, 0.29) is 5.91 Å². The van der Waals surface area contributed by atoms with E-state index in [4.69, 9.17) is 0 Å². The van der Waals surface area contributed by atoms with Crippen LogP contribution in [0.4, 0.5) is 5.13 Å². The molecule has 3 rings (SSSR count). The van der Waals surface area contributed by atoms with Gasteiger partial charge in [0, 0.05) is 22.0 Å². The van der Waals surface area contributed by atoms with Gasteiger partial charge in [0.05, 0.1) is 17.7 Å². The number of H-pyrrole nitrogens is 1. The molecule has 0 aromatic carbocycles. The van der Waals surface area contributed by atoms with Crippen molar-refractivity contribution in [1.82, 2.24) is 9.97 Å². The molecule has 0 radical (unpaired) electrons. The number of carbonyl (C=O) groups excluding carboxylic acids is 2. The molecule has 0 unspecified atom stereocenters. The van der Waals surface area contributed by atoms with Gasteiger partial charge in [-0.25, -0.2) is 9.78 Å². The standard InChI is InChI=1S/C17H17N3O3S2/c1-4-10-6-14(25-9(10)2)15(21)20-17-19-13(8-24-17)11-5-12(18-7-11)16(22)23-3/h5-8,18H,4H2,1-3H3,(H,19,20,21). The fourth-order valence-electron chi connectivity index (χ4n) is 2.38. The van der Waals surface area contributed by atoms with E-state index in [1.54, 1.807) is 12.3 Å². The van der Waals surface area contributed by atoms with Gasteiger partial charge in [0.15, 0.2) is 5.13 Å². The third kappa shape index (κ3) is 3.64. The van der Waals surface area contributed by atoms with Crippen LogP contribution in [0.15, 0.2) is 23.7 Å². The summed E-state index contributed by atoms with van der Waals surface area (Å²) in [5.74, 6) is -0.590. The third-order valence-electron chi connectivity index (χ3n) is 3.73. The predicted molar refractivity (Wildman–Crippen MR) is 99.6 cm³/mol. The van der Waals surface area contributed by atoms with Crippen LogP contribution in [0.3, 0.4) is 0 Å². The van der Waals surface area contributed by atoms with Crippen molar-refractivity contribution < 1.29 is 14.3 Å². The Morgan fingerprint density at radius 2 is 2.16 bits per heavy atom. The summed E-state index contributed by atoms with van der Waals surface area (Å²) < 4.78 is 4.67. The molecular formula is C17H17N3O3S2. The second-order valence-electron chi connectivity index (χ2n) is 5.33. The molecule has 0 saturated carbocycles. The average molecular weight is 375 g/mol. The number of thiophene rings is 1. The molecule has 130 valence electrons. The van der Waals surface area contributed by atoms with Crippen LogP contribution in [-0.4, -0.2) is 29.0 Å². The van der Waals surface area contributed by atoms with Gasteiger partial charge in [0.1, 0.15) is 5.69 Å². The number of carbonyl (C=O) groups is 2. The highest BCUT2D eigenvalue weighted by Crippen LogP contribution is 2.27. The Kier molecular flexibility index (Phi) is 5.00. The average Bonchev–Trinajstić information content (AvgIpc) is 3.32. The molecule has 0 fully saturated rings. The molecule has 3 heterocycles. The molecule has 0 aliphatic heterocycles. The number of nitrogens with zero attached hydrogens (tertiary/aromatic N) is 1. The minimum Gasteiger partial charge on any atom is -0.464 e. The van der Waals surface area contributed by atoms with Crippen molar-refractivity contribution in [3.05, 3.63) is 44.7 Å². The van der Waals surface area contributed by atoms with Crippen molar-refractivity contribution in [2.45, 2.75) is 20.3 Å². The summed E-state index contributed by atoms with van der Waals surface area (Å²) in [6, 6.07) is 3.60. The van der Waals surface area contributed by atoms with E-state index in [0.717, 1.165) is 16.9 Å². The normalized spacial score (nSPS) is 10.7. The van der Waals surface area contributed by atoms with Gasteiger partial charge in [-0.1, -0.05) is 6.92 Å². The number of anilines is 1. The Balaban J connectivity index is 1.74. The molecular weight excluding hydrogens is 358 g/mol. The van der Waals surface area contributed by atoms with Gasteiger partial charge in [-0.3, -0.25) is 10.1 Å². The number of nitrogens with one attached hydrogen (secondary N) is 2. The van der Waals surface area contributed by atoms with Gasteiger partial charge in [-0.2, -0.15) is 0 Å². The zero-order valence-electron chi connectivity index (χ0n) is 14.0.